The molecule has 2 aromatic carbocycles. The van der Waals surface area contributed by atoms with Crippen molar-refractivity contribution in [3.8, 4) is 5.75 Å². The zero-order valence-electron chi connectivity index (χ0n) is 12.0. The number of carbonyl (C=O) groups is 1. The molecule has 0 aromatic heterocycles. The Morgan fingerprint density at radius 3 is 2.57 bits per heavy atom. The van der Waals surface area contributed by atoms with E-state index in [0.29, 0.717) is 11.3 Å². The number of carboxylic acid groups (broad SMARTS) is 1. The first kappa shape index (κ1) is 14.9. The molecule has 3 nitrogen and oxygen atoms in total. The summed E-state index contributed by atoms with van der Waals surface area (Å²) in [6.45, 7) is 3.71. The van der Waals surface area contributed by atoms with E-state index in [-0.39, 0.29) is 0 Å². The maximum Gasteiger partial charge on any atom is 0.315 e. The topological polar surface area (TPSA) is 46.5 Å². The fourth-order valence-corrected chi connectivity index (χ4v) is 2.39. The molecule has 1 unspecified atom stereocenters. The summed E-state index contributed by atoms with van der Waals surface area (Å²) in [6, 6.07) is 14.8. The molecule has 0 heterocycles. The average Bonchev–Trinajstić information content (AvgIpc) is 2.50. The zero-order valence-corrected chi connectivity index (χ0v) is 12.0. The summed E-state index contributed by atoms with van der Waals surface area (Å²) < 4.78 is 5.39. The van der Waals surface area contributed by atoms with E-state index in [9.17, 15) is 9.90 Å². The second-order valence-corrected chi connectivity index (χ2v) is 4.75. The first-order chi connectivity index (χ1) is 10.2. The lowest BCUT2D eigenvalue weighted by molar-refractivity contribution is -0.137. The highest BCUT2D eigenvalue weighted by Crippen LogP contribution is 2.33. The molecule has 2 aromatic rings. The minimum atomic E-state index is -0.893. The number of carboxylic acids is 1. The van der Waals surface area contributed by atoms with Crippen LogP contribution in [0.2, 0.25) is 0 Å². The molecule has 108 valence electrons. The third-order valence-corrected chi connectivity index (χ3v) is 3.37. The summed E-state index contributed by atoms with van der Waals surface area (Å²) in [6.07, 6.45) is 2.53. The summed E-state index contributed by atoms with van der Waals surface area (Å²) in [7, 11) is 1.56. The van der Waals surface area contributed by atoms with Crippen LogP contribution in [0.15, 0.2) is 61.2 Å². The second-order valence-electron chi connectivity index (χ2n) is 4.75. The van der Waals surface area contributed by atoms with Gasteiger partial charge in [0, 0.05) is 5.56 Å². The largest absolute Gasteiger partial charge is 0.496 e. The van der Waals surface area contributed by atoms with Gasteiger partial charge in [-0.3, -0.25) is 4.79 Å². The van der Waals surface area contributed by atoms with Crippen molar-refractivity contribution < 1.29 is 14.6 Å². The fourth-order valence-electron chi connectivity index (χ4n) is 2.39. The van der Waals surface area contributed by atoms with Crippen molar-refractivity contribution in [3.05, 3.63) is 77.9 Å². The highest BCUT2D eigenvalue weighted by Gasteiger charge is 2.25. The molecule has 0 aliphatic rings. The minimum absolute atomic E-state index is 0.589. The molecule has 0 spiro atoms. The van der Waals surface area contributed by atoms with Crippen LogP contribution in [0.4, 0.5) is 0 Å². The smallest absolute Gasteiger partial charge is 0.315 e. The highest BCUT2D eigenvalue weighted by atomic mass is 16.5. The number of aliphatic carboxylic acids is 1. The maximum absolute atomic E-state index is 11.7. The molecule has 0 aliphatic carbocycles. The predicted molar refractivity (Wildman–Crippen MR) is 82.8 cm³/mol. The number of methoxy groups -OCH3 is 1. The Balaban J connectivity index is 2.50. The van der Waals surface area contributed by atoms with Crippen LogP contribution in [0.25, 0.3) is 0 Å². The number of hydrogen-bond donors (Lipinski definition) is 1. The van der Waals surface area contributed by atoms with Crippen LogP contribution >= 0.6 is 0 Å². The van der Waals surface area contributed by atoms with Crippen LogP contribution in [0.3, 0.4) is 0 Å². The molecule has 0 bridgehead atoms. The second kappa shape index (κ2) is 6.75. The van der Waals surface area contributed by atoms with Gasteiger partial charge >= 0.3 is 5.97 Å². The summed E-state index contributed by atoms with van der Waals surface area (Å²) in [5, 5.41) is 9.60. The Kier molecular flexibility index (Phi) is 4.77. The van der Waals surface area contributed by atoms with Crippen molar-refractivity contribution in [2.45, 2.75) is 12.3 Å². The molecule has 21 heavy (non-hydrogen) atoms. The van der Waals surface area contributed by atoms with Crippen LogP contribution in [0.5, 0.6) is 5.75 Å². The van der Waals surface area contributed by atoms with E-state index in [2.05, 4.69) is 6.58 Å². The number of benzene rings is 2. The average molecular weight is 282 g/mol. The monoisotopic (exact) mass is 282 g/mol. The van der Waals surface area contributed by atoms with Gasteiger partial charge in [-0.05, 0) is 23.6 Å². The van der Waals surface area contributed by atoms with Gasteiger partial charge in [-0.25, -0.2) is 0 Å². The van der Waals surface area contributed by atoms with E-state index in [1.807, 2.05) is 48.5 Å². The van der Waals surface area contributed by atoms with Gasteiger partial charge in [-0.15, -0.1) is 6.58 Å². The number of hydrogen-bond acceptors (Lipinski definition) is 2. The molecule has 1 atom stereocenters. The van der Waals surface area contributed by atoms with Gasteiger partial charge < -0.3 is 9.84 Å². The van der Waals surface area contributed by atoms with Crippen molar-refractivity contribution in [2.75, 3.05) is 7.11 Å². The molecule has 0 fully saturated rings. The normalized spacial score (nSPS) is 11.7. The van der Waals surface area contributed by atoms with Gasteiger partial charge in [0.05, 0.1) is 7.11 Å². The Hall–Kier alpha value is -2.55. The predicted octanol–water partition coefficient (Wildman–Crippen LogP) is 3.64. The molecule has 1 N–H and O–H groups in total. The standard InChI is InChI=1S/C18H18O3/c1-3-7-13-10-11-15(16(12-13)21-2)17(18(19)20)14-8-5-4-6-9-14/h3-6,8-12,17H,1,7H2,2H3,(H,19,20). The van der Waals surface area contributed by atoms with Gasteiger partial charge in [0.2, 0.25) is 0 Å². The minimum Gasteiger partial charge on any atom is -0.496 e. The summed E-state index contributed by atoms with van der Waals surface area (Å²) in [5.74, 6) is -1.04. The summed E-state index contributed by atoms with van der Waals surface area (Å²) in [4.78, 5) is 11.7. The molecular weight excluding hydrogens is 264 g/mol. The lowest BCUT2D eigenvalue weighted by Gasteiger charge is -2.17. The van der Waals surface area contributed by atoms with Crippen LogP contribution in [-0.4, -0.2) is 18.2 Å². The van der Waals surface area contributed by atoms with E-state index < -0.39 is 11.9 Å². The third-order valence-electron chi connectivity index (χ3n) is 3.37. The molecule has 0 radical (unpaired) electrons. The molecular formula is C18H18O3. The molecule has 0 amide bonds. The molecule has 3 heteroatoms. The summed E-state index contributed by atoms with van der Waals surface area (Å²) >= 11 is 0. The third kappa shape index (κ3) is 3.31. The Morgan fingerprint density at radius 2 is 2.00 bits per heavy atom. The lowest BCUT2D eigenvalue weighted by Crippen LogP contribution is -2.14. The first-order valence-corrected chi connectivity index (χ1v) is 6.72. The highest BCUT2D eigenvalue weighted by molar-refractivity contribution is 5.81. The number of allylic oxidation sites excluding steroid dienone is 1. The molecule has 0 saturated heterocycles. The zero-order chi connectivity index (χ0) is 15.2. The number of ether oxygens (including phenoxy) is 1. The Bertz CT molecular complexity index is 632. The van der Waals surface area contributed by atoms with E-state index in [1.165, 1.54) is 0 Å². The first-order valence-electron chi connectivity index (χ1n) is 6.72. The van der Waals surface area contributed by atoms with Crippen molar-refractivity contribution in [1.29, 1.82) is 0 Å². The van der Waals surface area contributed by atoms with E-state index in [4.69, 9.17) is 4.74 Å². The van der Waals surface area contributed by atoms with Gasteiger partial charge in [0.15, 0.2) is 0 Å². The Morgan fingerprint density at radius 1 is 1.29 bits per heavy atom. The van der Waals surface area contributed by atoms with Crippen molar-refractivity contribution >= 4 is 5.97 Å². The maximum atomic E-state index is 11.7. The quantitative estimate of drug-likeness (QED) is 0.823. The van der Waals surface area contributed by atoms with Gasteiger partial charge in [0.25, 0.3) is 0 Å². The fraction of sp³-hybridized carbons (Fsp3) is 0.167. The van der Waals surface area contributed by atoms with Crippen molar-refractivity contribution in [3.63, 3.8) is 0 Å². The molecule has 0 saturated carbocycles. The molecule has 2 rings (SSSR count). The van der Waals surface area contributed by atoms with Gasteiger partial charge in [-0.2, -0.15) is 0 Å². The van der Waals surface area contributed by atoms with E-state index in [1.54, 1.807) is 13.2 Å². The van der Waals surface area contributed by atoms with E-state index in [0.717, 1.165) is 17.5 Å². The number of rotatable bonds is 6. The molecule has 0 aliphatic heterocycles. The van der Waals surface area contributed by atoms with Gasteiger partial charge in [0.1, 0.15) is 11.7 Å². The SMILES string of the molecule is C=CCc1ccc(C(C(=O)O)c2ccccc2)c(OC)c1. The van der Waals surface area contributed by atoms with Crippen LogP contribution in [0.1, 0.15) is 22.6 Å². The van der Waals surface area contributed by atoms with Crippen molar-refractivity contribution in [1.82, 2.24) is 0 Å². The summed E-state index contributed by atoms with van der Waals surface area (Å²) in [5.41, 5.74) is 2.44. The van der Waals surface area contributed by atoms with Gasteiger partial charge in [-0.1, -0.05) is 48.5 Å². The van der Waals surface area contributed by atoms with Crippen molar-refractivity contribution in [2.24, 2.45) is 0 Å². The van der Waals surface area contributed by atoms with Crippen LogP contribution < -0.4 is 4.74 Å². The van der Waals surface area contributed by atoms with Crippen LogP contribution in [-0.2, 0) is 11.2 Å². The van der Waals surface area contributed by atoms with E-state index >= 15 is 0 Å². The Labute approximate surface area is 124 Å². The van der Waals surface area contributed by atoms with Crippen LogP contribution in [0, 0.1) is 0 Å². The lowest BCUT2D eigenvalue weighted by atomic mass is 9.90.